The monoisotopic (exact) mass is 302 g/mol. The number of rotatable bonds is 2. The van der Waals surface area contributed by atoms with E-state index in [4.69, 9.17) is 16.7 Å². The summed E-state index contributed by atoms with van der Waals surface area (Å²) in [5, 5.41) is 5.91. The number of halogens is 4. The number of anilines is 1. The van der Waals surface area contributed by atoms with Gasteiger partial charge in [0, 0.05) is 0 Å². The molecule has 5 nitrogen and oxygen atoms in total. The quantitative estimate of drug-likeness (QED) is 0.867. The van der Waals surface area contributed by atoms with E-state index in [-0.39, 0.29) is 15.6 Å². The van der Waals surface area contributed by atoms with E-state index in [9.17, 15) is 26.4 Å². The molecule has 0 aliphatic heterocycles. The van der Waals surface area contributed by atoms with E-state index in [0.29, 0.717) is 0 Å². The van der Waals surface area contributed by atoms with Crippen molar-refractivity contribution in [2.75, 3.05) is 5.32 Å². The maximum atomic E-state index is 12.0. The Hall–Kier alpha value is -1.32. The van der Waals surface area contributed by atoms with Crippen LogP contribution in [0.2, 0.25) is 5.02 Å². The molecule has 1 aromatic carbocycles. The van der Waals surface area contributed by atoms with Crippen LogP contribution in [0.4, 0.5) is 18.9 Å². The second-order valence-electron chi connectivity index (χ2n) is 3.14. The summed E-state index contributed by atoms with van der Waals surface area (Å²) in [4.78, 5) is 10.3. The summed E-state index contributed by atoms with van der Waals surface area (Å²) in [6.45, 7) is 0. The summed E-state index contributed by atoms with van der Waals surface area (Å²) in [6.07, 6.45) is -5.07. The normalized spacial score (nSPS) is 12.3. The number of sulfonamides is 1. The number of primary sulfonamides is 1. The average Bonchev–Trinajstić information content (AvgIpc) is 2.17. The number of amides is 1. The molecular formula is C8H6ClF3N2O3S. The zero-order valence-electron chi connectivity index (χ0n) is 8.45. The van der Waals surface area contributed by atoms with Gasteiger partial charge in [-0.2, -0.15) is 13.2 Å². The zero-order valence-corrected chi connectivity index (χ0v) is 10.0. The van der Waals surface area contributed by atoms with Gasteiger partial charge in [-0.3, -0.25) is 4.79 Å². The van der Waals surface area contributed by atoms with Crippen LogP contribution in [-0.2, 0) is 14.8 Å². The molecular weight excluding hydrogens is 297 g/mol. The summed E-state index contributed by atoms with van der Waals surface area (Å²) in [5.74, 6) is -2.22. The predicted octanol–water partition coefficient (Wildman–Crippen LogP) is 1.49. The van der Waals surface area contributed by atoms with Crippen molar-refractivity contribution in [1.29, 1.82) is 0 Å². The number of alkyl halides is 3. The van der Waals surface area contributed by atoms with Crippen LogP contribution in [0.15, 0.2) is 23.1 Å². The Morgan fingerprint density at radius 2 is 1.89 bits per heavy atom. The Labute approximate surface area is 105 Å². The fraction of sp³-hybridized carbons (Fsp3) is 0.125. The van der Waals surface area contributed by atoms with Gasteiger partial charge < -0.3 is 5.32 Å². The molecule has 0 saturated carbocycles. The molecule has 0 heterocycles. The Kier molecular flexibility index (Phi) is 3.89. The molecule has 0 aliphatic carbocycles. The fourth-order valence-electron chi connectivity index (χ4n) is 0.967. The van der Waals surface area contributed by atoms with Gasteiger partial charge in [-0.15, -0.1) is 0 Å². The van der Waals surface area contributed by atoms with Gasteiger partial charge in [0.1, 0.15) is 0 Å². The number of carbonyl (C=O) groups is 1. The molecule has 0 bridgehead atoms. The maximum absolute atomic E-state index is 12.0. The molecule has 0 unspecified atom stereocenters. The third-order valence-electron chi connectivity index (χ3n) is 1.77. The number of nitrogens with one attached hydrogen (secondary N) is 1. The van der Waals surface area contributed by atoms with E-state index in [1.807, 2.05) is 0 Å². The Bertz CT molecular complexity index is 586. The molecule has 0 saturated heterocycles. The maximum Gasteiger partial charge on any atom is 0.471 e. The largest absolute Gasteiger partial charge is 0.471 e. The van der Waals surface area contributed by atoms with Crippen molar-refractivity contribution in [1.82, 2.24) is 0 Å². The van der Waals surface area contributed by atoms with Crippen molar-refractivity contribution < 1.29 is 26.4 Å². The van der Waals surface area contributed by atoms with Gasteiger partial charge >= 0.3 is 12.1 Å². The highest BCUT2D eigenvalue weighted by Crippen LogP contribution is 2.26. The molecule has 100 valence electrons. The summed E-state index contributed by atoms with van der Waals surface area (Å²) in [7, 11) is -4.02. The van der Waals surface area contributed by atoms with E-state index in [0.717, 1.165) is 18.2 Å². The summed E-state index contributed by atoms with van der Waals surface area (Å²) in [6, 6.07) is 2.67. The highest BCUT2D eigenvalue weighted by molar-refractivity contribution is 7.89. The lowest BCUT2D eigenvalue weighted by atomic mass is 10.3. The fourth-order valence-corrected chi connectivity index (χ4v) is 1.80. The minimum Gasteiger partial charge on any atom is -0.317 e. The molecule has 0 fully saturated rings. The first-order valence-electron chi connectivity index (χ1n) is 4.22. The predicted molar refractivity (Wildman–Crippen MR) is 57.5 cm³/mol. The highest BCUT2D eigenvalue weighted by Gasteiger charge is 2.38. The Morgan fingerprint density at radius 3 is 2.28 bits per heavy atom. The first-order valence-corrected chi connectivity index (χ1v) is 6.15. The molecule has 0 radical (unpaired) electrons. The summed E-state index contributed by atoms with van der Waals surface area (Å²) in [5.41, 5.74) is -0.369. The molecule has 3 N–H and O–H groups in total. The van der Waals surface area contributed by atoms with Crippen molar-refractivity contribution in [2.45, 2.75) is 11.1 Å². The zero-order chi connectivity index (χ0) is 14.1. The van der Waals surface area contributed by atoms with Crippen LogP contribution in [0.25, 0.3) is 0 Å². The molecule has 0 atom stereocenters. The lowest BCUT2D eigenvalue weighted by Gasteiger charge is -2.10. The molecule has 1 amide bonds. The van der Waals surface area contributed by atoms with Crippen LogP contribution in [0.5, 0.6) is 0 Å². The summed E-state index contributed by atoms with van der Waals surface area (Å²) < 4.78 is 57.8. The third kappa shape index (κ3) is 3.59. The van der Waals surface area contributed by atoms with Crippen LogP contribution in [-0.4, -0.2) is 20.5 Å². The molecule has 18 heavy (non-hydrogen) atoms. The van der Waals surface area contributed by atoms with E-state index >= 15 is 0 Å². The van der Waals surface area contributed by atoms with Crippen molar-refractivity contribution in [3.8, 4) is 0 Å². The lowest BCUT2D eigenvalue weighted by Crippen LogP contribution is -2.30. The highest BCUT2D eigenvalue weighted by atomic mass is 35.5. The first kappa shape index (κ1) is 14.7. The minimum absolute atomic E-state index is 0.369. The molecule has 1 rings (SSSR count). The van der Waals surface area contributed by atoms with Crippen molar-refractivity contribution in [3.63, 3.8) is 0 Å². The van der Waals surface area contributed by atoms with E-state index in [1.54, 1.807) is 0 Å². The van der Waals surface area contributed by atoms with E-state index < -0.39 is 22.1 Å². The van der Waals surface area contributed by atoms with Gasteiger partial charge in [-0.25, -0.2) is 13.6 Å². The van der Waals surface area contributed by atoms with Gasteiger partial charge in [0.2, 0.25) is 10.0 Å². The number of benzene rings is 1. The number of carbonyl (C=O) groups excluding carboxylic acids is 1. The van der Waals surface area contributed by atoms with Crippen LogP contribution in [0.1, 0.15) is 0 Å². The van der Waals surface area contributed by atoms with Crippen molar-refractivity contribution >= 4 is 33.2 Å². The molecule has 0 aliphatic rings. The Balaban J connectivity index is 3.05. The molecule has 10 heteroatoms. The lowest BCUT2D eigenvalue weighted by molar-refractivity contribution is -0.167. The van der Waals surface area contributed by atoms with E-state index in [1.165, 1.54) is 5.32 Å². The topological polar surface area (TPSA) is 89.3 Å². The number of hydrogen-bond acceptors (Lipinski definition) is 3. The molecule has 0 spiro atoms. The molecule has 0 aromatic heterocycles. The van der Waals surface area contributed by atoms with Gasteiger partial charge in [-0.05, 0) is 18.2 Å². The van der Waals surface area contributed by atoms with E-state index in [2.05, 4.69) is 0 Å². The van der Waals surface area contributed by atoms with Crippen LogP contribution >= 0.6 is 11.6 Å². The van der Waals surface area contributed by atoms with Gasteiger partial charge in [-0.1, -0.05) is 11.6 Å². The van der Waals surface area contributed by atoms with Gasteiger partial charge in [0.05, 0.1) is 15.6 Å². The number of hydrogen-bond donors (Lipinski definition) is 2. The van der Waals surface area contributed by atoms with Gasteiger partial charge in [0.15, 0.2) is 0 Å². The minimum atomic E-state index is -5.07. The average molecular weight is 303 g/mol. The van der Waals surface area contributed by atoms with Crippen molar-refractivity contribution in [2.24, 2.45) is 5.14 Å². The van der Waals surface area contributed by atoms with Crippen LogP contribution < -0.4 is 10.5 Å². The third-order valence-corrected chi connectivity index (χ3v) is 3.00. The number of nitrogens with two attached hydrogens (primary N) is 1. The smallest absolute Gasteiger partial charge is 0.317 e. The second kappa shape index (κ2) is 4.75. The first-order chi connectivity index (χ1) is 8.01. The summed E-state index contributed by atoms with van der Waals surface area (Å²) >= 11 is 5.53. The second-order valence-corrected chi connectivity index (χ2v) is 5.11. The SMILES string of the molecule is NS(=O)(=O)c1ccc(NC(=O)C(F)(F)F)c(Cl)c1. The van der Waals surface area contributed by atoms with Gasteiger partial charge in [0.25, 0.3) is 0 Å². The standard InChI is InChI=1S/C8H6ClF3N2O3S/c9-5-3-4(18(13,16)17)1-2-6(5)14-7(15)8(10,11)12/h1-3H,(H,14,15)(H2,13,16,17). The van der Waals surface area contributed by atoms with Crippen molar-refractivity contribution in [3.05, 3.63) is 23.2 Å². The van der Waals surface area contributed by atoms with Crippen LogP contribution in [0, 0.1) is 0 Å². The Morgan fingerprint density at radius 1 is 1.33 bits per heavy atom. The molecule has 1 aromatic rings. The van der Waals surface area contributed by atoms with Crippen LogP contribution in [0.3, 0.4) is 0 Å².